The zero-order valence-corrected chi connectivity index (χ0v) is 17.5. The molecule has 1 aliphatic heterocycles. The Hall–Kier alpha value is -2.54. The van der Waals surface area contributed by atoms with Crippen LogP contribution in [0.25, 0.3) is 0 Å². The average Bonchev–Trinajstić information content (AvgIpc) is 3.34. The van der Waals surface area contributed by atoms with Crippen molar-refractivity contribution in [3.05, 3.63) is 52.5 Å². The Morgan fingerprint density at radius 3 is 2.66 bits per heavy atom. The number of Topliss-reactive ketones (excluding diaryl/α,β-unsaturated/α-hetero) is 1. The average molecular weight is 412 g/mol. The largest absolute Gasteiger partial charge is 0.491 e. The zero-order valence-electron chi connectivity index (χ0n) is 16.7. The van der Waals surface area contributed by atoms with Crippen molar-refractivity contribution in [1.82, 2.24) is 9.97 Å². The first-order valence-corrected chi connectivity index (χ1v) is 11.0. The number of aromatic nitrogens is 2. The molecular formula is C22H25N3O3S. The number of nitrogens with zero attached hydrogens (tertiary/aromatic N) is 2. The van der Waals surface area contributed by atoms with Crippen LogP contribution in [0, 0.1) is 18.8 Å². The van der Waals surface area contributed by atoms with Gasteiger partial charge in [0.05, 0.1) is 16.7 Å². The standard InChI is InChI=1S/C22H25N3O3S/c1-13-10-11-28-19(13)17-20(18(26)15-6-4-3-5-7-15)29-22(24-17)25-21(27)16-9-8-14(2)23-12-16/h8-13,15,19H,3-7H2,1-2H3,(H,24,25,27). The minimum atomic E-state index is -0.291. The Bertz CT molecular complexity index is 929. The first kappa shape index (κ1) is 19.8. The lowest BCUT2D eigenvalue weighted by molar-refractivity contribution is 0.0881. The number of carbonyl (C=O) groups is 2. The van der Waals surface area contributed by atoms with Gasteiger partial charge in [0.2, 0.25) is 0 Å². The lowest BCUT2D eigenvalue weighted by atomic mass is 9.85. The third-order valence-electron chi connectivity index (χ3n) is 5.60. The fourth-order valence-electron chi connectivity index (χ4n) is 3.87. The molecule has 3 heterocycles. The van der Waals surface area contributed by atoms with E-state index in [1.165, 1.54) is 17.8 Å². The van der Waals surface area contributed by atoms with Gasteiger partial charge in [-0.15, -0.1) is 0 Å². The topological polar surface area (TPSA) is 81.2 Å². The van der Waals surface area contributed by atoms with Crippen LogP contribution in [0.4, 0.5) is 5.13 Å². The van der Waals surface area contributed by atoms with Crippen molar-refractivity contribution >= 4 is 28.2 Å². The Balaban J connectivity index is 1.61. The lowest BCUT2D eigenvalue weighted by Crippen LogP contribution is -2.19. The monoisotopic (exact) mass is 411 g/mol. The number of thiazole rings is 1. The smallest absolute Gasteiger partial charge is 0.259 e. The van der Waals surface area contributed by atoms with Crippen LogP contribution in [0.15, 0.2) is 30.7 Å². The van der Waals surface area contributed by atoms with E-state index in [1.54, 1.807) is 24.6 Å². The van der Waals surface area contributed by atoms with Gasteiger partial charge in [0.25, 0.3) is 5.91 Å². The molecule has 0 aromatic carbocycles. The molecule has 6 nitrogen and oxygen atoms in total. The number of anilines is 1. The van der Waals surface area contributed by atoms with E-state index in [0.29, 0.717) is 21.3 Å². The van der Waals surface area contributed by atoms with E-state index in [2.05, 4.69) is 15.3 Å². The maximum atomic E-state index is 13.3. The Kier molecular flexibility index (Phi) is 5.76. The highest BCUT2D eigenvalue weighted by atomic mass is 32.1. The van der Waals surface area contributed by atoms with E-state index < -0.39 is 0 Å². The highest BCUT2D eigenvalue weighted by Gasteiger charge is 2.34. The fourth-order valence-corrected chi connectivity index (χ4v) is 4.88. The predicted molar refractivity (Wildman–Crippen MR) is 112 cm³/mol. The molecule has 0 bridgehead atoms. The second-order valence-corrected chi connectivity index (χ2v) is 8.82. The molecule has 1 amide bonds. The predicted octanol–water partition coefficient (Wildman–Crippen LogP) is 5.08. The Morgan fingerprint density at radius 2 is 2.00 bits per heavy atom. The molecule has 1 aliphatic carbocycles. The summed E-state index contributed by atoms with van der Waals surface area (Å²) in [5.74, 6) is 0.0164. The highest BCUT2D eigenvalue weighted by Crippen LogP contribution is 2.39. The molecule has 7 heteroatoms. The quantitative estimate of drug-likeness (QED) is 0.694. The summed E-state index contributed by atoms with van der Waals surface area (Å²) < 4.78 is 5.73. The van der Waals surface area contributed by atoms with Crippen LogP contribution in [0.3, 0.4) is 0 Å². The molecule has 2 aromatic rings. The van der Waals surface area contributed by atoms with Gasteiger partial charge >= 0.3 is 0 Å². The van der Waals surface area contributed by atoms with Gasteiger partial charge in [0, 0.05) is 23.7 Å². The van der Waals surface area contributed by atoms with Gasteiger partial charge in [-0.25, -0.2) is 4.98 Å². The number of aryl methyl sites for hydroxylation is 1. The Labute approximate surface area is 174 Å². The number of nitrogens with one attached hydrogen (secondary N) is 1. The van der Waals surface area contributed by atoms with Crippen LogP contribution < -0.4 is 5.32 Å². The summed E-state index contributed by atoms with van der Waals surface area (Å²) in [6, 6.07) is 3.52. The third-order valence-corrected chi connectivity index (χ3v) is 6.60. The normalized spacial score (nSPS) is 21.7. The minimum Gasteiger partial charge on any atom is -0.491 e. The van der Waals surface area contributed by atoms with Crippen molar-refractivity contribution in [2.45, 2.75) is 52.1 Å². The minimum absolute atomic E-state index is 0.0393. The van der Waals surface area contributed by atoms with Gasteiger partial charge in [-0.2, -0.15) is 0 Å². The first-order chi connectivity index (χ1) is 14.0. The molecule has 152 valence electrons. The van der Waals surface area contributed by atoms with Gasteiger partial charge in [0.15, 0.2) is 10.9 Å². The Morgan fingerprint density at radius 1 is 1.21 bits per heavy atom. The third kappa shape index (κ3) is 4.24. The molecular weight excluding hydrogens is 386 g/mol. The van der Waals surface area contributed by atoms with Crippen molar-refractivity contribution < 1.29 is 14.3 Å². The second-order valence-electron chi connectivity index (χ2n) is 7.82. The molecule has 4 rings (SSSR count). The molecule has 2 unspecified atom stereocenters. The second kappa shape index (κ2) is 8.45. The van der Waals surface area contributed by atoms with E-state index >= 15 is 0 Å². The number of ether oxygens (including phenoxy) is 1. The number of hydrogen-bond acceptors (Lipinski definition) is 6. The van der Waals surface area contributed by atoms with Gasteiger partial charge < -0.3 is 4.74 Å². The van der Waals surface area contributed by atoms with Crippen LogP contribution in [-0.2, 0) is 4.74 Å². The van der Waals surface area contributed by atoms with Crippen LogP contribution in [0.1, 0.15) is 76.5 Å². The molecule has 0 saturated heterocycles. The van der Waals surface area contributed by atoms with E-state index in [-0.39, 0.29) is 29.6 Å². The number of amides is 1. The van der Waals surface area contributed by atoms with Crippen LogP contribution in [0.5, 0.6) is 0 Å². The maximum absolute atomic E-state index is 13.3. The number of carbonyl (C=O) groups excluding carboxylic acids is 2. The van der Waals surface area contributed by atoms with Crippen LogP contribution >= 0.6 is 11.3 Å². The molecule has 2 aliphatic rings. The molecule has 0 radical (unpaired) electrons. The van der Waals surface area contributed by atoms with Gasteiger partial charge in [-0.1, -0.05) is 37.5 Å². The summed E-state index contributed by atoms with van der Waals surface area (Å²) in [6.07, 6.45) is 10.1. The lowest BCUT2D eigenvalue weighted by Gasteiger charge is -2.21. The summed E-state index contributed by atoms with van der Waals surface area (Å²) in [5, 5.41) is 3.26. The van der Waals surface area contributed by atoms with Gasteiger partial charge in [0.1, 0.15) is 11.8 Å². The van der Waals surface area contributed by atoms with Gasteiger partial charge in [-0.05, 0) is 38.0 Å². The highest BCUT2D eigenvalue weighted by molar-refractivity contribution is 7.17. The number of rotatable bonds is 5. The summed E-state index contributed by atoms with van der Waals surface area (Å²) in [6.45, 7) is 3.91. The van der Waals surface area contributed by atoms with Crippen molar-refractivity contribution in [3.8, 4) is 0 Å². The number of ketones is 1. The van der Waals surface area contributed by atoms with Crippen molar-refractivity contribution in [1.29, 1.82) is 0 Å². The van der Waals surface area contributed by atoms with E-state index in [0.717, 1.165) is 31.4 Å². The van der Waals surface area contributed by atoms with Crippen LogP contribution in [-0.4, -0.2) is 21.7 Å². The zero-order chi connectivity index (χ0) is 20.4. The molecule has 2 aromatic heterocycles. The summed E-state index contributed by atoms with van der Waals surface area (Å²) in [5.41, 5.74) is 1.94. The fraction of sp³-hybridized carbons (Fsp3) is 0.455. The van der Waals surface area contributed by atoms with E-state index in [4.69, 9.17) is 4.74 Å². The van der Waals surface area contributed by atoms with Gasteiger partial charge in [-0.3, -0.25) is 19.9 Å². The van der Waals surface area contributed by atoms with E-state index in [9.17, 15) is 9.59 Å². The van der Waals surface area contributed by atoms with Crippen molar-refractivity contribution in [3.63, 3.8) is 0 Å². The van der Waals surface area contributed by atoms with Crippen LogP contribution in [0.2, 0.25) is 0 Å². The molecule has 1 saturated carbocycles. The molecule has 1 fully saturated rings. The first-order valence-electron chi connectivity index (χ1n) is 10.1. The molecule has 2 atom stereocenters. The summed E-state index contributed by atoms with van der Waals surface area (Å²) in [4.78, 5) is 35.3. The number of hydrogen-bond donors (Lipinski definition) is 1. The molecule has 29 heavy (non-hydrogen) atoms. The van der Waals surface area contributed by atoms with Crippen molar-refractivity contribution in [2.24, 2.45) is 11.8 Å². The maximum Gasteiger partial charge on any atom is 0.259 e. The molecule has 1 N–H and O–H groups in total. The molecule has 0 spiro atoms. The summed E-state index contributed by atoms with van der Waals surface area (Å²) in [7, 11) is 0. The van der Waals surface area contributed by atoms with Crippen molar-refractivity contribution in [2.75, 3.05) is 5.32 Å². The SMILES string of the molecule is Cc1ccc(C(=O)Nc2nc(C3OC=CC3C)c(C(=O)C3CCCCC3)s2)cn1. The van der Waals surface area contributed by atoms with E-state index in [1.807, 2.05) is 19.9 Å². The number of pyridine rings is 1. The summed E-state index contributed by atoms with van der Waals surface area (Å²) >= 11 is 1.26.